The van der Waals surface area contributed by atoms with Crippen molar-refractivity contribution in [1.82, 2.24) is 5.32 Å². The van der Waals surface area contributed by atoms with Crippen LogP contribution < -0.4 is 5.32 Å². The molecule has 0 radical (unpaired) electrons. The fourth-order valence-corrected chi connectivity index (χ4v) is 3.40. The van der Waals surface area contributed by atoms with Gasteiger partial charge in [0.05, 0.1) is 9.89 Å². The molecule has 0 saturated heterocycles. The number of hydrogen-bond acceptors (Lipinski definition) is 3. The summed E-state index contributed by atoms with van der Waals surface area (Å²) in [6, 6.07) is 2.18. The van der Waals surface area contributed by atoms with Gasteiger partial charge >= 0.3 is 0 Å². The Morgan fingerprint density at radius 3 is 3.31 bits per heavy atom. The van der Waals surface area contributed by atoms with Crippen LogP contribution in [0.3, 0.4) is 0 Å². The third-order valence-electron chi connectivity index (χ3n) is 2.30. The summed E-state index contributed by atoms with van der Waals surface area (Å²) in [7, 11) is 1.77. The molecule has 0 unspecified atom stereocenters. The molecule has 0 bridgehead atoms. The summed E-state index contributed by atoms with van der Waals surface area (Å²) >= 11 is 5.34. The minimum absolute atomic E-state index is 0.222. The van der Waals surface area contributed by atoms with Crippen LogP contribution in [0.4, 0.5) is 0 Å². The van der Waals surface area contributed by atoms with Crippen LogP contribution in [0, 0.1) is 0 Å². The van der Waals surface area contributed by atoms with E-state index < -0.39 is 0 Å². The number of thiophene rings is 1. The predicted octanol–water partition coefficient (Wildman–Crippen LogP) is 2.34. The molecule has 0 aliphatic carbocycles. The molecule has 0 saturated carbocycles. The highest BCUT2D eigenvalue weighted by atomic mass is 79.9. The normalized spacial score (nSPS) is 22.5. The second-order valence-electron chi connectivity index (χ2n) is 3.11. The average molecular weight is 262 g/mol. The Morgan fingerprint density at radius 1 is 1.69 bits per heavy atom. The fraction of sp³-hybridized carbons (Fsp3) is 0.556. The predicted molar refractivity (Wildman–Crippen MR) is 58.3 cm³/mol. The summed E-state index contributed by atoms with van der Waals surface area (Å²) in [5.74, 6) is 0. The van der Waals surface area contributed by atoms with Crippen molar-refractivity contribution in [3.63, 3.8) is 0 Å². The number of fused-ring (bicyclic) bond motifs is 1. The first kappa shape index (κ1) is 9.65. The number of halogens is 1. The molecular formula is C9H12BrNOS. The van der Waals surface area contributed by atoms with Gasteiger partial charge in [0.15, 0.2) is 0 Å². The van der Waals surface area contributed by atoms with Crippen LogP contribution in [-0.2, 0) is 11.2 Å². The first-order valence-corrected chi connectivity index (χ1v) is 5.94. The van der Waals surface area contributed by atoms with Crippen molar-refractivity contribution in [2.24, 2.45) is 0 Å². The summed E-state index contributed by atoms with van der Waals surface area (Å²) in [6.07, 6.45) is 1.34. The van der Waals surface area contributed by atoms with Crippen LogP contribution >= 0.6 is 27.3 Å². The Kier molecular flexibility index (Phi) is 3.03. The van der Waals surface area contributed by atoms with Crippen molar-refractivity contribution >= 4 is 27.3 Å². The lowest BCUT2D eigenvalue weighted by atomic mass is 10.1. The Balaban J connectivity index is 2.34. The average Bonchev–Trinajstić information content (AvgIpc) is 2.37. The third-order valence-corrected chi connectivity index (χ3v) is 4.02. The van der Waals surface area contributed by atoms with Gasteiger partial charge in [-0.3, -0.25) is 0 Å². The highest BCUT2D eigenvalue weighted by molar-refractivity contribution is 9.11. The Morgan fingerprint density at radius 2 is 2.54 bits per heavy atom. The van der Waals surface area contributed by atoms with Gasteiger partial charge in [-0.25, -0.2) is 0 Å². The maximum atomic E-state index is 5.43. The van der Waals surface area contributed by atoms with E-state index in [-0.39, 0.29) is 6.10 Å². The van der Waals surface area contributed by atoms with Crippen LogP contribution in [-0.4, -0.2) is 20.2 Å². The zero-order valence-corrected chi connectivity index (χ0v) is 9.87. The summed E-state index contributed by atoms with van der Waals surface area (Å²) in [5, 5.41) is 3.37. The molecule has 0 spiro atoms. The van der Waals surface area contributed by atoms with E-state index in [0.29, 0.717) is 0 Å². The summed E-state index contributed by atoms with van der Waals surface area (Å²) in [5.41, 5.74) is 1.35. The zero-order chi connectivity index (χ0) is 9.26. The summed E-state index contributed by atoms with van der Waals surface area (Å²) in [6.45, 7) is 1.98. The lowest BCUT2D eigenvalue weighted by molar-refractivity contribution is 0.105. The van der Waals surface area contributed by atoms with Crippen LogP contribution in [0.2, 0.25) is 0 Å². The van der Waals surface area contributed by atoms with Gasteiger partial charge in [-0.15, -0.1) is 11.3 Å². The molecule has 2 nitrogen and oxygen atoms in total. The van der Waals surface area contributed by atoms with Gasteiger partial charge in [0.1, 0.15) is 0 Å². The summed E-state index contributed by atoms with van der Waals surface area (Å²) in [4.78, 5) is 1.45. The molecule has 2 rings (SSSR count). The van der Waals surface area contributed by atoms with E-state index in [2.05, 4.69) is 27.3 Å². The molecule has 0 aromatic carbocycles. The van der Waals surface area contributed by atoms with E-state index >= 15 is 0 Å². The lowest BCUT2D eigenvalue weighted by Gasteiger charge is -2.12. The van der Waals surface area contributed by atoms with E-state index in [4.69, 9.17) is 4.74 Å². The van der Waals surface area contributed by atoms with Gasteiger partial charge < -0.3 is 10.1 Å². The van der Waals surface area contributed by atoms with Gasteiger partial charge in [-0.1, -0.05) is 0 Å². The highest BCUT2D eigenvalue weighted by Crippen LogP contribution is 2.33. The Hall–Kier alpha value is 0.100. The van der Waals surface area contributed by atoms with Crippen molar-refractivity contribution in [2.75, 3.05) is 20.2 Å². The van der Waals surface area contributed by atoms with Gasteiger partial charge in [0.25, 0.3) is 0 Å². The maximum Gasteiger partial charge on any atom is 0.0956 e. The smallest absolute Gasteiger partial charge is 0.0956 e. The van der Waals surface area contributed by atoms with Crippen molar-refractivity contribution in [3.05, 3.63) is 20.3 Å². The number of nitrogens with one attached hydrogen (secondary N) is 1. The monoisotopic (exact) mass is 261 g/mol. The highest BCUT2D eigenvalue weighted by Gasteiger charge is 2.20. The topological polar surface area (TPSA) is 21.3 Å². The van der Waals surface area contributed by atoms with Crippen molar-refractivity contribution in [1.29, 1.82) is 0 Å². The second-order valence-corrected chi connectivity index (χ2v) is 5.62. The number of methoxy groups -OCH3 is 1. The molecule has 13 heavy (non-hydrogen) atoms. The second kappa shape index (κ2) is 4.09. The van der Waals surface area contributed by atoms with Crippen molar-refractivity contribution < 1.29 is 4.74 Å². The number of ether oxygens (including phenoxy) is 1. The Labute approximate surface area is 90.4 Å². The third kappa shape index (κ3) is 1.96. The number of rotatable bonds is 1. The molecule has 1 N–H and O–H groups in total. The minimum atomic E-state index is 0.222. The first-order chi connectivity index (χ1) is 6.31. The van der Waals surface area contributed by atoms with E-state index in [1.807, 2.05) is 11.3 Å². The van der Waals surface area contributed by atoms with Gasteiger partial charge in [-0.2, -0.15) is 0 Å². The molecule has 1 aliphatic rings. The lowest BCUT2D eigenvalue weighted by Crippen LogP contribution is -2.21. The van der Waals surface area contributed by atoms with Crippen LogP contribution in [0.25, 0.3) is 0 Å². The molecule has 72 valence electrons. The van der Waals surface area contributed by atoms with Gasteiger partial charge in [-0.05, 0) is 34.0 Å². The molecule has 0 fully saturated rings. The van der Waals surface area contributed by atoms with E-state index in [9.17, 15) is 0 Å². The van der Waals surface area contributed by atoms with E-state index in [0.717, 1.165) is 19.5 Å². The quantitative estimate of drug-likeness (QED) is 0.838. The van der Waals surface area contributed by atoms with Crippen molar-refractivity contribution in [3.8, 4) is 0 Å². The van der Waals surface area contributed by atoms with Crippen molar-refractivity contribution in [2.45, 2.75) is 12.5 Å². The van der Waals surface area contributed by atoms with Gasteiger partial charge in [0.2, 0.25) is 0 Å². The molecule has 1 aromatic rings. The first-order valence-electron chi connectivity index (χ1n) is 4.33. The standard InChI is InChI=1S/C9H12BrNOS/c1-12-7-5-11-3-2-8-6(7)4-9(10)13-8/h4,7,11H,2-3,5H2,1H3/t7-/m0/s1. The summed E-state index contributed by atoms with van der Waals surface area (Å²) < 4.78 is 6.64. The van der Waals surface area contributed by atoms with Gasteiger partial charge in [0, 0.05) is 25.1 Å². The molecule has 0 amide bonds. The van der Waals surface area contributed by atoms with Crippen LogP contribution in [0.5, 0.6) is 0 Å². The minimum Gasteiger partial charge on any atom is -0.375 e. The fourth-order valence-electron chi connectivity index (χ4n) is 1.63. The Bertz CT molecular complexity index is 300. The van der Waals surface area contributed by atoms with E-state index in [1.165, 1.54) is 14.2 Å². The zero-order valence-electron chi connectivity index (χ0n) is 7.47. The molecule has 1 atom stereocenters. The SMILES string of the molecule is CO[C@H]1CNCCc2sc(Br)cc21. The molecule has 1 aromatic heterocycles. The largest absolute Gasteiger partial charge is 0.375 e. The van der Waals surface area contributed by atoms with E-state index in [1.54, 1.807) is 7.11 Å². The molecule has 2 heterocycles. The number of hydrogen-bond donors (Lipinski definition) is 1. The van der Waals surface area contributed by atoms with Crippen LogP contribution in [0.1, 0.15) is 16.5 Å². The molecular weight excluding hydrogens is 250 g/mol. The molecule has 1 aliphatic heterocycles. The van der Waals surface area contributed by atoms with Crippen LogP contribution in [0.15, 0.2) is 9.85 Å². The molecule has 4 heteroatoms. The maximum absolute atomic E-state index is 5.43.